The number of rotatable bonds is 9. The highest BCUT2D eigenvalue weighted by molar-refractivity contribution is 7.90. The van der Waals surface area contributed by atoms with Crippen LogP contribution >= 0.6 is 0 Å². The molecule has 10 heteroatoms. The second-order valence-corrected chi connectivity index (χ2v) is 10.2. The Hall–Kier alpha value is -4.18. The van der Waals surface area contributed by atoms with Crippen LogP contribution in [0, 0.1) is 6.92 Å². The van der Waals surface area contributed by atoms with Crippen molar-refractivity contribution in [2.45, 2.75) is 25.2 Å². The van der Waals surface area contributed by atoms with Crippen LogP contribution in [0.2, 0.25) is 0 Å². The molecule has 36 heavy (non-hydrogen) atoms. The van der Waals surface area contributed by atoms with E-state index >= 15 is 0 Å². The molecule has 0 aliphatic carbocycles. The van der Waals surface area contributed by atoms with Crippen LogP contribution in [-0.2, 0) is 22.9 Å². The number of anilines is 2. The van der Waals surface area contributed by atoms with Gasteiger partial charge in [-0.2, -0.15) is 0 Å². The molecule has 0 fully saturated rings. The van der Waals surface area contributed by atoms with Crippen LogP contribution in [0.5, 0.6) is 5.75 Å². The average Bonchev–Trinajstić information content (AvgIpc) is 3.36. The first-order valence-corrected chi connectivity index (χ1v) is 13.0. The second kappa shape index (κ2) is 10.6. The van der Waals surface area contributed by atoms with Crippen LogP contribution in [0.3, 0.4) is 0 Å². The Labute approximate surface area is 209 Å². The molecule has 0 spiro atoms. The van der Waals surface area contributed by atoms with Gasteiger partial charge in [-0.3, -0.25) is 4.79 Å². The molecule has 2 aromatic heterocycles. The zero-order chi connectivity index (χ0) is 25.7. The molecule has 4 aromatic rings. The van der Waals surface area contributed by atoms with Crippen molar-refractivity contribution >= 4 is 27.1 Å². The van der Waals surface area contributed by atoms with E-state index < -0.39 is 20.9 Å². The van der Waals surface area contributed by atoms with Gasteiger partial charge in [-0.1, -0.05) is 24.3 Å². The topological polar surface area (TPSA) is 115 Å². The van der Waals surface area contributed by atoms with Gasteiger partial charge in [0, 0.05) is 18.5 Å². The Morgan fingerprint density at radius 2 is 1.89 bits per heavy atom. The third-order valence-electron chi connectivity index (χ3n) is 5.35. The number of benzene rings is 2. The maximum atomic E-state index is 13.4. The molecular formula is C26H26N4O5S. The molecule has 0 saturated carbocycles. The molecule has 2 heterocycles. The van der Waals surface area contributed by atoms with Crippen LogP contribution in [0.1, 0.15) is 27.4 Å². The van der Waals surface area contributed by atoms with E-state index in [0.717, 1.165) is 17.4 Å². The number of hydrogen-bond donors (Lipinski definition) is 1. The van der Waals surface area contributed by atoms with Crippen molar-refractivity contribution in [2.75, 3.05) is 23.6 Å². The molecule has 0 aliphatic heterocycles. The molecule has 0 bridgehead atoms. The van der Waals surface area contributed by atoms with Crippen LogP contribution in [0.4, 0.5) is 11.4 Å². The van der Waals surface area contributed by atoms with Gasteiger partial charge < -0.3 is 19.4 Å². The lowest BCUT2D eigenvalue weighted by Crippen LogP contribution is -2.27. The van der Waals surface area contributed by atoms with E-state index in [0.29, 0.717) is 29.4 Å². The highest BCUT2D eigenvalue weighted by atomic mass is 32.2. The summed E-state index contributed by atoms with van der Waals surface area (Å²) in [5.74, 6) is 0.777. The lowest BCUT2D eigenvalue weighted by atomic mass is 10.1. The number of hydrogen-bond acceptors (Lipinski definition) is 8. The van der Waals surface area contributed by atoms with Gasteiger partial charge in [-0.25, -0.2) is 18.4 Å². The summed E-state index contributed by atoms with van der Waals surface area (Å²) in [6.07, 6.45) is 3.92. The zero-order valence-electron chi connectivity index (χ0n) is 20.1. The molecule has 1 amide bonds. The number of methoxy groups -OCH3 is 1. The number of aromatic nitrogens is 2. The monoisotopic (exact) mass is 506 g/mol. The summed E-state index contributed by atoms with van der Waals surface area (Å²) in [5.41, 5.74) is 2.71. The fourth-order valence-electron chi connectivity index (χ4n) is 3.66. The number of nitrogens with zero attached hydrogens (tertiary/aromatic N) is 3. The standard InChI is InChI=1S/C26H26N4O5S/c1-18-7-4-9-20(13-18)28-25(31)24-23(15-27-26(29-24)36(3,32)33)30(17-22-11-6-12-35-22)16-19-8-5-10-21(14-19)34-2/h4-15H,16-17H2,1-3H3,(H,28,31). The Kier molecular flexibility index (Phi) is 7.35. The number of carbonyl (C=O) groups excluding carboxylic acids is 1. The first-order valence-electron chi connectivity index (χ1n) is 11.1. The quantitative estimate of drug-likeness (QED) is 0.335. The molecule has 0 radical (unpaired) electrons. The minimum atomic E-state index is -3.75. The van der Waals surface area contributed by atoms with E-state index in [2.05, 4.69) is 15.3 Å². The number of carbonyl (C=O) groups is 1. The van der Waals surface area contributed by atoms with Crippen LogP contribution in [-0.4, -0.2) is 37.7 Å². The Morgan fingerprint density at radius 1 is 1.08 bits per heavy atom. The smallest absolute Gasteiger partial charge is 0.276 e. The summed E-state index contributed by atoms with van der Waals surface area (Å²) in [7, 11) is -2.17. The van der Waals surface area contributed by atoms with Crippen molar-refractivity contribution in [2.24, 2.45) is 0 Å². The molecule has 0 saturated heterocycles. The van der Waals surface area contributed by atoms with Crippen molar-refractivity contribution in [3.8, 4) is 5.75 Å². The Balaban J connectivity index is 1.79. The zero-order valence-corrected chi connectivity index (χ0v) is 21.0. The van der Waals surface area contributed by atoms with Gasteiger partial charge in [0.2, 0.25) is 15.0 Å². The van der Waals surface area contributed by atoms with Crippen molar-refractivity contribution < 1.29 is 22.4 Å². The number of amides is 1. The van der Waals surface area contributed by atoms with Crippen molar-refractivity contribution in [1.82, 2.24) is 9.97 Å². The predicted molar refractivity (Wildman–Crippen MR) is 136 cm³/mol. The number of aryl methyl sites for hydroxylation is 1. The van der Waals surface area contributed by atoms with Gasteiger partial charge in [0.1, 0.15) is 11.5 Å². The van der Waals surface area contributed by atoms with Gasteiger partial charge in [-0.05, 0) is 54.4 Å². The SMILES string of the molecule is COc1cccc(CN(Cc2ccco2)c2cnc(S(C)(=O)=O)nc2C(=O)Nc2cccc(C)c2)c1. The molecule has 4 rings (SSSR count). The summed E-state index contributed by atoms with van der Waals surface area (Å²) >= 11 is 0. The second-order valence-electron chi connectivity index (χ2n) is 8.27. The lowest BCUT2D eigenvalue weighted by Gasteiger charge is -2.25. The predicted octanol–water partition coefficient (Wildman–Crippen LogP) is 4.25. The molecule has 1 N–H and O–H groups in total. The summed E-state index contributed by atoms with van der Waals surface area (Å²) in [6, 6.07) is 18.4. The fraction of sp³-hybridized carbons (Fsp3) is 0.192. The van der Waals surface area contributed by atoms with Gasteiger partial charge in [0.05, 0.1) is 31.8 Å². The van der Waals surface area contributed by atoms with E-state index in [1.54, 1.807) is 25.5 Å². The van der Waals surface area contributed by atoms with Gasteiger partial charge in [0.25, 0.3) is 5.91 Å². The summed E-state index contributed by atoms with van der Waals surface area (Å²) in [4.78, 5) is 23.5. The van der Waals surface area contributed by atoms with Crippen LogP contribution in [0.15, 0.2) is 82.7 Å². The summed E-state index contributed by atoms with van der Waals surface area (Å²) < 4.78 is 35.3. The number of nitrogens with one attached hydrogen (secondary N) is 1. The third kappa shape index (κ3) is 6.08. The molecular weight excluding hydrogens is 480 g/mol. The number of sulfone groups is 1. The molecule has 9 nitrogen and oxygen atoms in total. The van der Waals surface area contributed by atoms with E-state index in [1.165, 1.54) is 6.20 Å². The van der Waals surface area contributed by atoms with Crippen molar-refractivity contribution in [3.05, 3.63) is 95.7 Å². The first kappa shape index (κ1) is 24.9. The van der Waals surface area contributed by atoms with E-state index in [-0.39, 0.29) is 12.2 Å². The third-order valence-corrected chi connectivity index (χ3v) is 6.21. The molecule has 0 aliphatic rings. The lowest BCUT2D eigenvalue weighted by molar-refractivity contribution is 0.102. The van der Waals surface area contributed by atoms with Gasteiger partial charge in [-0.15, -0.1) is 0 Å². The first-order chi connectivity index (χ1) is 17.2. The summed E-state index contributed by atoms with van der Waals surface area (Å²) in [5, 5.41) is 2.39. The minimum absolute atomic E-state index is 0.0682. The largest absolute Gasteiger partial charge is 0.497 e. The van der Waals surface area contributed by atoms with E-state index in [1.807, 2.05) is 60.4 Å². The summed E-state index contributed by atoms with van der Waals surface area (Å²) in [6.45, 7) is 2.55. The van der Waals surface area contributed by atoms with Gasteiger partial charge >= 0.3 is 0 Å². The molecule has 0 unspecified atom stereocenters. The Bertz CT molecular complexity index is 1470. The van der Waals surface area contributed by atoms with E-state index in [9.17, 15) is 13.2 Å². The number of ether oxygens (including phenoxy) is 1. The van der Waals surface area contributed by atoms with E-state index in [4.69, 9.17) is 9.15 Å². The maximum absolute atomic E-state index is 13.4. The normalized spacial score (nSPS) is 11.2. The Morgan fingerprint density at radius 3 is 2.58 bits per heavy atom. The van der Waals surface area contributed by atoms with Crippen molar-refractivity contribution in [1.29, 1.82) is 0 Å². The van der Waals surface area contributed by atoms with Crippen LogP contribution < -0.4 is 15.0 Å². The highest BCUT2D eigenvalue weighted by Crippen LogP contribution is 2.26. The maximum Gasteiger partial charge on any atom is 0.276 e. The fourth-order valence-corrected chi connectivity index (χ4v) is 4.16. The molecule has 186 valence electrons. The van der Waals surface area contributed by atoms with Gasteiger partial charge in [0.15, 0.2) is 5.69 Å². The van der Waals surface area contributed by atoms with Crippen LogP contribution in [0.25, 0.3) is 0 Å². The molecule has 2 aromatic carbocycles. The molecule has 0 atom stereocenters. The minimum Gasteiger partial charge on any atom is -0.497 e. The average molecular weight is 507 g/mol. The highest BCUT2D eigenvalue weighted by Gasteiger charge is 2.24. The number of furan rings is 1. The van der Waals surface area contributed by atoms with Crippen molar-refractivity contribution in [3.63, 3.8) is 0 Å².